The molecule has 0 atom stereocenters. The second-order valence-electron chi connectivity index (χ2n) is 5.29. The van der Waals surface area contributed by atoms with Crippen LogP contribution in [-0.4, -0.2) is 33.1 Å². The minimum atomic E-state index is -3.97. The summed E-state index contributed by atoms with van der Waals surface area (Å²) in [6.45, 7) is 6.57. The highest BCUT2D eigenvalue weighted by Crippen LogP contribution is 2.18. The lowest BCUT2D eigenvalue weighted by molar-refractivity contribution is -0.145. The Hall–Kier alpha value is -1.60. The molecule has 0 fully saturated rings. The van der Waals surface area contributed by atoms with Gasteiger partial charge in [-0.25, -0.2) is 13.1 Å². The highest BCUT2D eigenvalue weighted by atomic mass is 32.2. The van der Waals surface area contributed by atoms with Gasteiger partial charge in [-0.15, -0.1) is 0 Å². The summed E-state index contributed by atoms with van der Waals surface area (Å²) in [6, 6.07) is 5.88. The van der Waals surface area contributed by atoms with Crippen molar-refractivity contribution in [1.29, 1.82) is 0 Å². The van der Waals surface area contributed by atoms with Gasteiger partial charge in [-0.3, -0.25) is 4.79 Å². The Morgan fingerprint density at radius 1 is 1.29 bits per heavy atom. The summed E-state index contributed by atoms with van der Waals surface area (Å²) in [7, 11) is -2.54. The van der Waals surface area contributed by atoms with Crippen LogP contribution in [0.1, 0.15) is 27.7 Å². The van der Waals surface area contributed by atoms with Crippen LogP contribution >= 0.6 is 0 Å². The van der Waals surface area contributed by atoms with Crippen LogP contribution in [0.25, 0.3) is 0 Å². The topological polar surface area (TPSA) is 81.7 Å². The van der Waals surface area contributed by atoms with Crippen molar-refractivity contribution < 1.29 is 22.7 Å². The quantitative estimate of drug-likeness (QED) is 0.864. The van der Waals surface area contributed by atoms with Crippen LogP contribution in [0.5, 0.6) is 5.75 Å². The van der Waals surface area contributed by atoms with Gasteiger partial charge < -0.3 is 9.47 Å². The summed E-state index contributed by atoms with van der Waals surface area (Å²) < 4.78 is 36.8. The number of rotatable bonds is 6. The average Bonchev–Trinajstić information content (AvgIpc) is 2.36. The molecule has 0 saturated heterocycles. The van der Waals surface area contributed by atoms with Gasteiger partial charge in [0.15, 0.2) is 0 Å². The summed E-state index contributed by atoms with van der Waals surface area (Å²) >= 11 is 0. The summed E-state index contributed by atoms with van der Waals surface area (Å²) in [6.07, 6.45) is -0.203. The SMILES string of the molecule is COc1cccc(S(=O)(=O)NC(=O)C(C)(C)OC(C)C)c1. The molecule has 1 N–H and O–H groups in total. The molecule has 0 saturated carbocycles. The van der Waals surface area contributed by atoms with E-state index < -0.39 is 21.5 Å². The summed E-state index contributed by atoms with van der Waals surface area (Å²) in [5.41, 5.74) is -1.25. The Kier molecular flexibility index (Phi) is 5.36. The molecule has 1 rings (SSSR count). The second kappa shape index (κ2) is 6.44. The molecule has 7 heteroatoms. The molecule has 0 aliphatic carbocycles. The van der Waals surface area contributed by atoms with Crippen LogP contribution in [0.4, 0.5) is 0 Å². The van der Waals surface area contributed by atoms with E-state index in [1.54, 1.807) is 19.9 Å². The van der Waals surface area contributed by atoms with Crippen molar-refractivity contribution in [2.24, 2.45) is 0 Å². The highest BCUT2D eigenvalue weighted by Gasteiger charge is 2.33. The lowest BCUT2D eigenvalue weighted by Gasteiger charge is -2.26. The normalized spacial score (nSPS) is 12.3. The molecule has 0 aromatic heterocycles. The molecule has 0 aliphatic rings. The van der Waals surface area contributed by atoms with Crippen molar-refractivity contribution in [3.05, 3.63) is 24.3 Å². The van der Waals surface area contributed by atoms with E-state index in [0.29, 0.717) is 5.75 Å². The molecule has 0 aliphatic heterocycles. The molecule has 6 nitrogen and oxygen atoms in total. The number of amides is 1. The zero-order valence-corrected chi connectivity index (χ0v) is 13.7. The van der Waals surface area contributed by atoms with E-state index in [2.05, 4.69) is 0 Å². The number of benzene rings is 1. The first-order valence-electron chi connectivity index (χ1n) is 6.47. The Bertz CT molecular complexity index is 608. The molecule has 0 spiro atoms. The summed E-state index contributed by atoms with van der Waals surface area (Å²) in [4.78, 5) is 12.1. The fourth-order valence-corrected chi connectivity index (χ4v) is 2.85. The lowest BCUT2D eigenvalue weighted by Crippen LogP contribution is -2.47. The van der Waals surface area contributed by atoms with Gasteiger partial charge in [0, 0.05) is 6.07 Å². The van der Waals surface area contributed by atoms with Gasteiger partial charge >= 0.3 is 0 Å². The zero-order chi connectivity index (χ0) is 16.3. The minimum Gasteiger partial charge on any atom is -0.497 e. The van der Waals surface area contributed by atoms with Crippen molar-refractivity contribution in [1.82, 2.24) is 4.72 Å². The Morgan fingerprint density at radius 2 is 1.90 bits per heavy atom. The van der Waals surface area contributed by atoms with Crippen LogP contribution in [0, 0.1) is 0 Å². The van der Waals surface area contributed by atoms with Crippen LogP contribution < -0.4 is 9.46 Å². The molecule has 1 amide bonds. The first-order chi connectivity index (χ1) is 9.58. The third kappa shape index (κ3) is 4.71. The third-order valence-corrected chi connectivity index (χ3v) is 3.98. The number of sulfonamides is 1. The fraction of sp³-hybridized carbons (Fsp3) is 0.500. The predicted octanol–water partition coefficient (Wildman–Crippen LogP) is 1.70. The zero-order valence-electron chi connectivity index (χ0n) is 12.8. The fourth-order valence-electron chi connectivity index (χ4n) is 1.71. The van der Waals surface area contributed by atoms with Crippen LogP contribution in [0.3, 0.4) is 0 Å². The standard InChI is InChI=1S/C14H21NO5S/c1-10(2)20-14(3,4)13(16)15-21(17,18)12-8-6-7-11(9-12)19-5/h6-10H,1-5H3,(H,15,16). The van der Waals surface area contributed by atoms with Crippen LogP contribution in [0.2, 0.25) is 0 Å². The first kappa shape index (κ1) is 17.5. The van der Waals surface area contributed by atoms with Crippen molar-refractivity contribution in [3.63, 3.8) is 0 Å². The average molecular weight is 315 g/mol. The molecule has 0 bridgehead atoms. The van der Waals surface area contributed by atoms with Crippen molar-refractivity contribution >= 4 is 15.9 Å². The number of ether oxygens (including phenoxy) is 2. The lowest BCUT2D eigenvalue weighted by atomic mass is 10.1. The van der Waals surface area contributed by atoms with Gasteiger partial charge in [0.25, 0.3) is 15.9 Å². The number of carbonyl (C=O) groups excluding carboxylic acids is 1. The monoisotopic (exact) mass is 315 g/mol. The molecule has 0 heterocycles. The summed E-state index contributed by atoms with van der Waals surface area (Å²) in [5.74, 6) is -0.331. The largest absolute Gasteiger partial charge is 0.497 e. The number of hydrogen-bond acceptors (Lipinski definition) is 5. The minimum absolute atomic E-state index is 0.0458. The maximum absolute atomic E-state index is 12.2. The molecule has 0 unspecified atom stereocenters. The number of nitrogens with one attached hydrogen (secondary N) is 1. The van der Waals surface area contributed by atoms with Gasteiger partial charge in [-0.2, -0.15) is 0 Å². The Labute approximate surface area is 125 Å². The van der Waals surface area contributed by atoms with Crippen molar-refractivity contribution in [2.45, 2.75) is 44.3 Å². The first-order valence-corrected chi connectivity index (χ1v) is 7.96. The maximum Gasteiger partial charge on any atom is 0.265 e. The number of hydrogen-bond donors (Lipinski definition) is 1. The molecule has 21 heavy (non-hydrogen) atoms. The van der Waals surface area contributed by atoms with Crippen molar-refractivity contribution in [2.75, 3.05) is 7.11 Å². The van der Waals surface area contributed by atoms with Gasteiger partial charge in [0.1, 0.15) is 11.4 Å². The van der Waals surface area contributed by atoms with E-state index in [1.807, 2.05) is 4.72 Å². The van der Waals surface area contributed by atoms with E-state index in [4.69, 9.17) is 9.47 Å². The Morgan fingerprint density at radius 3 is 2.43 bits per heavy atom. The van der Waals surface area contributed by atoms with Crippen molar-refractivity contribution in [3.8, 4) is 5.75 Å². The molecule has 1 aromatic rings. The Balaban J connectivity index is 2.97. The second-order valence-corrected chi connectivity index (χ2v) is 6.97. The van der Waals surface area contributed by atoms with Gasteiger partial charge in [-0.05, 0) is 39.8 Å². The van der Waals surface area contributed by atoms with E-state index in [-0.39, 0.29) is 11.0 Å². The predicted molar refractivity (Wildman–Crippen MR) is 78.6 cm³/mol. The van der Waals surface area contributed by atoms with E-state index >= 15 is 0 Å². The van der Waals surface area contributed by atoms with Gasteiger partial charge in [0.2, 0.25) is 0 Å². The third-order valence-electron chi connectivity index (χ3n) is 2.66. The smallest absolute Gasteiger partial charge is 0.265 e. The van der Waals surface area contributed by atoms with E-state index in [9.17, 15) is 13.2 Å². The van der Waals surface area contributed by atoms with E-state index in [0.717, 1.165) is 0 Å². The summed E-state index contributed by atoms with van der Waals surface area (Å²) in [5, 5.41) is 0. The molecule has 0 radical (unpaired) electrons. The highest BCUT2D eigenvalue weighted by molar-refractivity contribution is 7.90. The number of methoxy groups -OCH3 is 1. The molecule has 1 aromatic carbocycles. The van der Waals surface area contributed by atoms with Crippen LogP contribution in [-0.2, 0) is 19.6 Å². The van der Waals surface area contributed by atoms with Gasteiger partial charge in [0.05, 0.1) is 18.1 Å². The van der Waals surface area contributed by atoms with Gasteiger partial charge in [-0.1, -0.05) is 6.07 Å². The van der Waals surface area contributed by atoms with E-state index in [1.165, 1.54) is 39.2 Å². The molecular formula is C14H21NO5S. The maximum atomic E-state index is 12.2. The number of carbonyl (C=O) groups is 1. The van der Waals surface area contributed by atoms with Crippen LogP contribution in [0.15, 0.2) is 29.2 Å². The molecular weight excluding hydrogens is 294 g/mol. The molecule has 118 valence electrons.